The van der Waals surface area contributed by atoms with E-state index >= 15 is 0 Å². The molecule has 1 amide bonds. The lowest BCUT2D eigenvalue weighted by atomic mass is 10.1. The van der Waals surface area contributed by atoms with Crippen molar-refractivity contribution >= 4 is 40.4 Å². The molecule has 0 saturated carbocycles. The minimum atomic E-state index is -0.464. The average molecular weight is 460 g/mol. The summed E-state index contributed by atoms with van der Waals surface area (Å²) in [6, 6.07) is 23.7. The Labute approximate surface area is 197 Å². The first kappa shape index (κ1) is 22.6. The number of ether oxygens (including phenoxy) is 1. The first-order chi connectivity index (χ1) is 16.0. The number of imidazole rings is 1. The molecule has 0 fully saturated rings. The molecule has 0 radical (unpaired) electrons. The van der Waals surface area contributed by atoms with E-state index in [1.54, 1.807) is 0 Å². The summed E-state index contributed by atoms with van der Waals surface area (Å²) in [5, 5.41) is 3.49. The second kappa shape index (κ2) is 10.4. The largest absolute Gasteiger partial charge is 0.455 e. The highest BCUT2D eigenvalue weighted by molar-refractivity contribution is 7.99. The van der Waals surface area contributed by atoms with E-state index in [1.807, 2.05) is 74.5 Å². The van der Waals surface area contributed by atoms with Crippen LogP contribution < -0.4 is 5.32 Å². The highest BCUT2D eigenvalue weighted by atomic mass is 32.2. The van der Waals surface area contributed by atoms with E-state index in [4.69, 9.17) is 4.74 Å². The van der Waals surface area contributed by atoms with Crippen LogP contribution in [0.4, 0.5) is 5.69 Å². The highest BCUT2D eigenvalue weighted by Crippen LogP contribution is 2.25. The molecule has 0 aliphatic carbocycles. The summed E-state index contributed by atoms with van der Waals surface area (Å²) in [7, 11) is 0. The van der Waals surface area contributed by atoms with Crippen molar-refractivity contribution in [3.63, 3.8) is 0 Å². The predicted octanol–water partition coefficient (Wildman–Crippen LogP) is 4.98. The van der Waals surface area contributed by atoms with Crippen molar-refractivity contribution in [2.24, 2.45) is 0 Å². The Hall–Kier alpha value is -3.58. The minimum absolute atomic E-state index is 0.0645. The van der Waals surface area contributed by atoms with Crippen molar-refractivity contribution in [3.8, 4) is 0 Å². The van der Waals surface area contributed by atoms with Gasteiger partial charge in [0, 0.05) is 5.69 Å². The van der Waals surface area contributed by atoms with Crippen LogP contribution >= 0.6 is 11.8 Å². The fourth-order valence-electron chi connectivity index (χ4n) is 3.41. The number of nitrogens with zero attached hydrogens (tertiary/aromatic N) is 2. The molecule has 168 valence electrons. The van der Waals surface area contributed by atoms with Gasteiger partial charge >= 0.3 is 5.97 Å². The lowest BCUT2D eigenvalue weighted by Gasteiger charge is -2.10. The van der Waals surface area contributed by atoms with Crippen molar-refractivity contribution in [3.05, 3.63) is 89.5 Å². The van der Waals surface area contributed by atoms with Crippen LogP contribution in [-0.4, -0.2) is 33.8 Å². The molecule has 1 aromatic heterocycles. The number of carbonyl (C=O) groups is 2. The first-order valence-electron chi connectivity index (χ1n) is 10.6. The van der Waals surface area contributed by atoms with Crippen molar-refractivity contribution in [1.82, 2.24) is 9.55 Å². The molecule has 0 aliphatic rings. The molecule has 0 saturated heterocycles. The molecule has 0 unspecified atom stereocenters. The molecule has 33 heavy (non-hydrogen) atoms. The smallest absolute Gasteiger partial charge is 0.316 e. The monoisotopic (exact) mass is 459 g/mol. The SMILES string of the molecule is Cc1ccc(NC(=O)COC(=O)CSc2nc3ccccc3n2Cc2ccccc2)cc1C. The zero-order valence-corrected chi connectivity index (χ0v) is 19.4. The van der Waals surface area contributed by atoms with Crippen LogP contribution in [0.25, 0.3) is 11.0 Å². The van der Waals surface area contributed by atoms with Crippen LogP contribution in [0.15, 0.2) is 78.0 Å². The van der Waals surface area contributed by atoms with E-state index < -0.39 is 5.97 Å². The number of nitrogens with one attached hydrogen (secondary N) is 1. The first-order valence-corrected chi connectivity index (χ1v) is 11.6. The fourth-order valence-corrected chi connectivity index (χ4v) is 4.22. The second-order valence-corrected chi connectivity index (χ2v) is 8.69. The van der Waals surface area contributed by atoms with Crippen LogP contribution in [0.3, 0.4) is 0 Å². The molecule has 7 heteroatoms. The summed E-state index contributed by atoms with van der Waals surface area (Å²) in [5.41, 5.74) is 5.94. The van der Waals surface area contributed by atoms with Crippen LogP contribution in [0, 0.1) is 13.8 Å². The van der Waals surface area contributed by atoms with Crippen LogP contribution in [0.5, 0.6) is 0 Å². The number of aryl methyl sites for hydroxylation is 2. The van der Waals surface area contributed by atoms with E-state index in [-0.39, 0.29) is 18.3 Å². The number of hydrogen-bond donors (Lipinski definition) is 1. The van der Waals surface area contributed by atoms with Gasteiger partial charge in [0.1, 0.15) is 0 Å². The summed E-state index contributed by atoms with van der Waals surface area (Å²) in [6.07, 6.45) is 0. The zero-order chi connectivity index (χ0) is 23.2. The zero-order valence-electron chi connectivity index (χ0n) is 18.6. The number of esters is 1. The Kier molecular flexibility index (Phi) is 7.10. The molecule has 1 N–H and O–H groups in total. The van der Waals surface area contributed by atoms with E-state index in [9.17, 15) is 9.59 Å². The third-order valence-corrected chi connectivity index (χ3v) is 6.23. The Morgan fingerprint density at radius 2 is 1.73 bits per heavy atom. The standard InChI is InChI=1S/C26H25N3O3S/c1-18-12-13-21(14-19(18)2)27-24(30)16-32-25(31)17-33-26-28-22-10-6-7-11-23(22)29(26)15-20-8-4-3-5-9-20/h3-14H,15-17H2,1-2H3,(H,27,30). The molecular weight excluding hydrogens is 434 g/mol. The van der Waals surface area contributed by atoms with Crippen LogP contribution in [0.2, 0.25) is 0 Å². The fraction of sp³-hybridized carbons (Fsp3) is 0.192. The van der Waals surface area contributed by atoms with Crippen molar-refractivity contribution in [2.45, 2.75) is 25.5 Å². The number of carbonyl (C=O) groups excluding carboxylic acids is 2. The van der Waals surface area contributed by atoms with E-state index in [0.717, 1.165) is 32.9 Å². The maximum absolute atomic E-state index is 12.3. The molecule has 1 heterocycles. The highest BCUT2D eigenvalue weighted by Gasteiger charge is 2.15. The third kappa shape index (κ3) is 5.81. The summed E-state index contributed by atoms with van der Waals surface area (Å²) in [4.78, 5) is 29.1. The molecular formula is C26H25N3O3S. The van der Waals surface area contributed by atoms with E-state index in [1.165, 1.54) is 11.8 Å². The minimum Gasteiger partial charge on any atom is -0.455 e. The Bertz CT molecular complexity index is 1280. The normalized spacial score (nSPS) is 10.8. The number of amides is 1. The number of anilines is 1. The van der Waals surface area contributed by atoms with Crippen molar-refractivity contribution in [1.29, 1.82) is 0 Å². The molecule has 0 aliphatic heterocycles. The van der Waals surface area contributed by atoms with Gasteiger partial charge in [-0.3, -0.25) is 9.59 Å². The van der Waals surface area contributed by atoms with Crippen LogP contribution in [0.1, 0.15) is 16.7 Å². The molecule has 4 aromatic rings. The summed E-state index contributed by atoms with van der Waals surface area (Å²) >= 11 is 1.30. The topological polar surface area (TPSA) is 73.2 Å². The number of aromatic nitrogens is 2. The number of rotatable bonds is 8. The van der Waals surface area contributed by atoms with E-state index in [0.29, 0.717) is 12.2 Å². The quantitative estimate of drug-likeness (QED) is 0.297. The van der Waals surface area contributed by atoms with Crippen molar-refractivity contribution < 1.29 is 14.3 Å². The summed E-state index contributed by atoms with van der Waals surface area (Å²) in [5.74, 6) is -0.767. The van der Waals surface area contributed by atoms with Gasteiger partial charge < -0.3 is 14.6 Å². The summed E-state index contributed by atoms with van der Waals surface area (Å²) < 4.78 is 7.27. The Morgan fingerprint density at radius 1 is 0.970 bits per heavy atom. The molecule has 0 spiro atoms. The van der Waals surface area contributed by atoms with Gasteiger partial charge in [-0.1, -0.05) is 60.3 Å². The number of hydrogen-bond acceptors (Lipinski definition) is 5. The maximum Gasteiger partial charge on any atom is 0.316 e. The maximum atomic E-state index is 12.3. The number of para-hydroxylation sites is 2. The van der Waals surface area contributed by atoms with Gasteiger partial charge in [0.15, 0.2) is 11.8 Å². The van der Waals surface area contributed by atoms with Gasteiger partial charge in [-0.15, -0.1) is 0 Å². The number of thioether (sulfide) groups is 1. The Balaban J connectivity index is 1.36. The van der Waals surface area contributed by atoms with Crippen molar-refractivity contribution in [2.75, 3.05) is 17.7 Å². The van der Waals surface area contributed by atoms with Gasteiger partial charge in [0.2, 0.25) is 0 Å². The molecule has 3 aromatic carbocycles. The lowest BCUT2D eigenvalue weighted by molar-refractivity contribution is -0.144. The lowest BCUT2D eigenvalue weighted by Crippen LogP contribution is -2.21. The van der Waals surface area contributed by atoms with Gasteiger partial charge in [0.25, 0.3) is 5.91 Å². The third-order valence-electron chi connectivity index (χ3n) is 5.28. The van der Waals surface area contributed by atoms with Gasteiger partial charge in [-0.25, -0.2) is 4.98 Å². The van der Waals surface area contributed by atoms with Gasteiger partial charge in [-0.05, 0) is 54.8 Å². The second-order valence-electron chi connectivity index (χ2n) is 7.75. The predicted molar refractivity (Wildman–Crippen MR) is 132 cm³/mol. The summed E-state index contributed by atoms with van der Waals surface area (Å²) in [6.45, 7) is 4.31. The number of benzene rings is 3. The van der Waals surface area contributed by atoms with Gasteiger partial charge in [-0.2, -0.15) is 0 Å². The molecule has 0 bridgehead atoms. The average Bonchev–Trinajstić information content (AvgIpc) is 3.17. The van der Waals surface area contributed by atoms with Gasteiger partial charge in [0.05, 0.1) is 23.3 Å². The molecule has 0 atom stereocenters. The van der Waals surface area contributed by atoms with E-state index in [2.05, 4.69) is 27.0 Å². The number of fused-ring (bicyclic) bond motifs is 1. The molecule has 4 rings (SSSR count). The Morgan fingerprint density at radius 3 is 2.52 bits per heavy atom. The molecule has 6 nitrogen and oxygen atoms in total. The van der Waals surface area contributed by atoms with Crippen LogP contribution in [-0.2, 0) is 20.9 Å².